The summed E-state index contributed by atoms with van der Waals surface area (Å²) in [6.45, 7) is 6.79. The monoisotopic (exact) mass is 803 g/mol. The molecule has 4 aromatic rings. The van der Waals surface area contributed by atoms with E-state index in [0.717, 1.165) is 23.8 Å². The van der Waals surface area contributed by atoms with Crippen LogP contribution in [0.2, 0.25) is 0 Å². The van der Waals surface area contributed by atoms with Gasteiger partial charge in [-0.2, -0.15) is 0 Å². The van der Waals surface area contributed by atoms with Gasteiger partial charge in [0.1, 0.15) is 28.8 Å². The lowest BCUT2D eigenvalue weighted by Gasteiger charge is -2.28. The molecule has 1 heterocycles. The fourth-order valence-electron chi connectivity index (χ4n) is 7.15. The van der Waals surface area contributed by atoms with Gasteiger partial charge in [-0.3, -0.25) is 20.3 Å². The number of likely N-dealkylation sites (tertiary alicyclic amines) is 1. The lowest BCUT2D eigenvalue weighted by Crippen LogP contribution is -2.48. The molecule has 55 heavy (non-hydrogen) atoms. The average Bonchev–Trinajstić information content (AvgIpc) is 3.50. The van der Waals surface area contributed by atoms with Gasteiger partial charge in [-0.1, -0.05) is 45.0 Å². The SMILES string of the molecule is CC(C)(C)c1ccc(O[C@@H](Cc2ccc(OCCN[C@@]3(S(=O)(=O)c4ccc([N+](=O)[O-])cc4)C4CN(Cc5cc(F)c(F)cc5F)C[C@@H]43)cc2)C(=O)O)cc1.Cl. The number of nitrogens with zero attached hydrogens (tertiary/aromatic N) is 2. The van der Waals surface area contributed by atoms with Crippen molar-refractivity contribution < 1.29 is 45.9 Å². The fourth-order valence-corrected chi connectivity index (χ4v) is 9.53. The lowest BCUT2D eigenvalue weighted by molar-refractivity contribution is -0.384. The number of ether oxygens (including phenoxy) is 2. The van der Waals surface area contributed by atoms with E-state index in [-0.39, 0.29) is 73.2 Å². The number of aliphatic carboxylic acids is 1. The van der Waals surface area contributed by atoms with E-state index in [1.54, 1.807) is 41.3 Å². The summed E-state index contributed by atoms with van der Waals surface area (Å²) in [5, 5.41) is 24.2. The first-order valence-electron chi connectivity index (χ1n) is 17.3. The molecular formula is C39H41ClF3N3O8S. The minimum atomic E-state index is -4.11. The van der Waals surface area contributed by atoms with Gasteiger partial charge in [-0.25, -0.2) is 26.4 Å². The number of nitro groups is 1. The molecule has 2 N–H and O–H groups in total. The van der Waals surface area contributed by atoms with Crippen molar-refractivity contribution in [1.29, 1.82) is 0 Å². The van der Waals surface area contributed by atoms with E-state index in [0.29, 0.717) is 23.1 Å². The number of non-ortho nitro benzene ring substituents is 1. The number of nitro benzene ring substituents is 1. The summed E-state index contributed by atoms with van der Waals surface area (Å²) in [5.41, 5.74) is 1.42. The van der Waals surface area contributed by atoms with Gasteiger partial charge in [0.25, 0.3) is 5.69 Å². The zero-order chi connectivity index (χ0) is 39.0. The Morgan fingerprint density at radius 2 is 1.53 bits per heavy atom. The summed E-state index contributed by atoms with van der Waals surface area (Å²) in [5.74, 6) is -4.49. The topological polar surface area (TPSA) is 148 Å². The van der Waals surface area contributed by atoms with Crippen molar-refractivity contribution in [2.75, 3.05) is 26.2 Å². The van der Waals surface area contributed by atoms with Gasteiger partial charge in [0.05, 0.1) is 9.82 Å². The quantitative estimate of drug-likeness (QED) is 0.0576. The Morgan fingerprint density at radius 1 is 0.945 bits per heavy atom. The summed E-state index contributed by atoms with van der Waals surface area (Å²) in [6, 6.07) is 20.0. The number of hydrogen-bond donors (Lipinski definition) is 2. The third-order valence-electron chi connectivity index (χ3n) is 10.1. The van der Waals surface area contributed by atoms with Crippen molar-refractivity contribution in [2.24, 2.45) is 11.8 Å². The van der Waals surface area contributed by atoms with Crippen molar-refractivity contribution in [2.45, 2.75) is 55.0 Å². The zero-order valence-corrected chi connectivity index (χ0v) is 31.8. The van der Waals surface area contributed by atoms with Crippen LogP contribution in [0.5, 0.6) is 11.5 Å². The molecule has 0 bridgehead atoms. The van der Waals surface area contributed by atoms with Crippen LogP contribution in [0.1, 0.15) is 37.5 Å². The Kier molecular flexibility index (Phi) is 12.2. The van der Waals surface area contributed by atoms with E-state index >= 15 is 0 Å². The first-order chi connectivity index (χ1) is 25.5. The van der Waals surface area contributed by atoms with Gasteiger partial charge < -0.3 is 14.6 Å². The van der Waals surface area contributed by atoms with Crippen molar-refractivity contribution >= 4 is 33.9 Å². The van der Waals surface area contributed by atoms with Crippen LogP contribution in [0.3, 0.4) is 0 Å². The number of benzene rings is 4. The molecule has 6 rings (SSSR count). The van der Waals surface area contributed by atoms with E-state index in [4.69, 9.17) is 9.47 Å². The number of carbonyl (C=O) groups is 1. The molecule has 2 fully saturated rings. The van der Waals surface area contributed by atoms with E-state index in [1.807, 2.05) is 12.1 Å². The number of carboxylic acid groups (broad SMARTS) is 1. The molecule has 1 saturated heterocycles. The van der Waals surface area contributed by atoms with Crippen molar-refractivity contribution in [3.63, 3.8) is 0 Å². The molecular weight excluding hydrogens is 763 g/mol. The van der Waals surface area contributed by atoms with Gasteiger partial charge in [0, 0.05) is 68.2 Å². The summed E-state index contributed by atoms with van der Waals surface area (Å²) in [7, 11) is -4.11. The third kappa shape index (κ3) is 8.75. The number of fused-ring (bicyclic) bond motifs is 1. The number of nitrogens with one attached hydrogen (secondary N) is 1. The van der Waals surface area contributed by atoms with Crippen molar-refractivity contribution in [3.05, 3.63) is 129 Å². The van der Waals surface area contributed by atoms with Gasteiger partial charge in [-0.15, -0.1) is 12.4 Å². The van der Waals surface area contributed by atoms with Crippen LogP contribution in [0.15, 0.2) is 89.8 Å². The summed E-state index contributed by atoms with van der Waals surface area (Å²) < 4.78 is 81.6. The second-order valence-electron chi connectivity index (χ2n) is 14.7. The largest absolute Gasteiger partial charge is 0.492 e. The van der Waals surface area contributed by atoms with Crippen LogP contribution in [0.4, 0.5) is 18.9 Å². The van der Waals surface area contributed by atoms with Crippen LogP contribution in [-0.4, -0.2) is 66.5 Å². The number of piperidine rings is 1. The van der Waals surface area contributed by atoms with E-state index in [9.17, 15) is 41.6 Å². The molecule has 0 amide bonds. The van der Waals surface area contributed by atoms with Crippen LogP contribution in [-0.2, 0) is 33.0 Å². The summed E-state index contributed by atoms with van der Waals surface area (Å²) in [6.07, 6.45) is -1.02. The smallest absolute Gasteiger partial charge is 0.345 e. The molecule has 2 aliphatic rings. The molecule has 0 aromatic heterocycles. The standard InChI is InChI=1S/C39H40F3N3O8S.ClH/c1-38(2,3)26-6-12-29(13-7-26)53-36(37(46)47)18-24-4-10-28(11-5-24)52-17-16-43-39(54(50,51)30-14-8-27(9-15-30)45(48)49)31-22-44(23-32(31)39)21-25-19-34(41)35(42)20-33(25)40;/h4-15,19-20,31-32,36,43H,16-18,21-23H2,1-3H3,(H,46,47);1H/t31-,32?,36-,39-;/m0./s1. The summed E-state index contributed by atoms with van der Waals surface area (Å²) >= 11 is 0. The lowest BCUT2D eigenvalue weighted by atomic mass is 9.87. The first kappa shape index (κ1) is 41.5. The number of halogens is 4. The highest BCUT2D eigenvalue weighted by Crippen LogP contribution is 2.60. The highest BCUT2D eigenvalue weighted by atomic mass is 35.5. The normalized spacial score (nSPS) is 19.9. The van der Waals surface area contributed by atoms with Gasteiger partial charge in [0.2, 0.25) is 0 Å². The minimum absolute atomic E-state index is 0. The maximum atomic E-state index is 14.4. The molecule has 0 radical (unpaired) electrons. The number of rotatable bonds is 15. The molecule has 4 atom stereocenters. The number of carboxylic acids is 1. The molecule has 1 aliphatic carbocycles. The predicted molar refractivity (Wildman–Crippen MR) is 200 cm³/mol. The molecule has 1 unspecified atom stereocenters. The Morgan fingerprint density at radius 3 is 2.09 bits per heavy atom. The highest BCUT2D eigenvalue weighted by molar-refractivity contribution is 7.93. The molecule has 294 valence electrons. The molecule has 4 aromatic carbocycles. The molecule has 11 nitrogen and oxygen atoms in total. The molecule has 1 saturated carbocycles. The average molecular weight is 804 g/mol. The Hall–Kier alpha value is -4.70. The van der Waals surface area contributed by atoms with Crippen molar-refractivity contribution in [3.8, 4) is 11.5 Å². The fraction of sp³-hybridized carbons (Fsp3) is 0.359. The Balaban J connectivity index is 0.00000580. The maximum Gasteiger partial charge on any atom is 0.345 e. The Labute approximate surface area is 322 Å². The third-order valence-corrected chi connectivity index (χ3v) is 12.6. The van der Waals surface area contributed by atoms with Crippen molar-refractivity contribution in [1.82, 2.24) is 10.2 Å². The van der Waals surface area contributed by atoms with E-state index in [1.165, 1.54) is 12.1 Å². The molecule has 16 heteroatoms. The second kappa shape index (κ2) is 16.2. The Bertz CT molecular complexity index is 2120. The maximum absolute atomic E-state index is 14.4. The first-order valence-corrected chi connectivity index (χ1v) is 18.8. The van der Waals surface area contributed by atoms with Crippen LogP contribution < -0.4 is 14.8 Å². The van der Waals surface area contributed by atoms with Gasteiger partial charge >= 0.3 is 5.97 Å². The molecule has 0 spiro atoms. The number of hydrogen-bond acceptors (Lipinski definition) is 9. The van der Waals surface area contributed by atoms with Crippen LogP contribution in [0, 0.1) is 39.4 Å². The van der Waals surface area contributed by atoms with E-state index < -0.39 is 61.0 Å². The van der Waals surface area contributed by atoms with Crippen LogP contribution >= 0.6 is 12.4 Å². The summed E-state index contributed by atoms with van der Waals surface area (Å²) in [4.78, 5) is 22.8. The highest BCUT2D eigenvalue weighted by Gasteiger charge is 2.75. The van der Waals surface area contributed by atoms with Gasteiger partial charge in [0.15, 0.2) is 27.6 Å². The van der Waals surface area contributed by atoms with Crippen LogP contribution in [0.25, 0.3) is 0 Å². The zero-order valence-electron chi connectivity index (χ0n) is 30.2. The minimum Gasteiger partial charge on any atom is -0.492 e. The number of sulfone groups is 1. The second-order valence-corrected chi connectivity index (χ2v) is 16.8. The van der Waals surface area contributed by atoms with E-state index in [2.05, 4.69) is 26.1 Å². The molecule has 1 aliphatic heterocycles. The predicted octanol–water partition coefficient (Wildman–Crippen LogP) is 6.71. The van der Waals surface area contributed by atoms with Gasteiger partial charge in [-0.05, 0) is 59.0 Å².